The third kappa shape index (κ3) is 4.29. The summed E-state index contributed by atoms with van der Waals surface area (Å²) in [6.07, 6.45) is 4.01. The van der Waals surface area contributed by atoms with Gasteiger partial charge < -0.3 is 15.4 Å². The Hall–Kier alpha value is -3.21. The molecule has 0 aliphatic carbocycles. The van der Waals surface area contributed by atoms with Gasteiger partial charge in [-0.2, -0.15) is 0 Å². The zero-order chi connectivity index (χ0) is 20.1. The number of aromatic amines is 1. The molecular formula is C25H25N3O. The highest BCUT2D eigenvalue weighted by Gasteiger charge is 2.15. The molecule has 0 amide bonds. The Labute approximate surface area is 171 Å². The minimum Gasteiger partial charge on any atom is -0.387 e. The van der Waals surface area contributed by atoms with E-state index in [-0.39, 0.29) is 0 Å². The van der Waals surface area contributed by atoms with E-state index in [1.807, 2.05) is 42.5 Å². The molecule has 0 bridgehead atoms. The molecule has 3 N–H and O–H groups in total. The summed E-state index contributed by atoms with van der Waals surface area (Å²) in [6.45, 7) is 4.94. The second-order valence-corrected chi connectivity index (χ2v) is 7.13. The van der Waals surface area contributed by atoms with Crippen LogP contribution in [0.2, 0.25) is 0 Å². The van der Waals surface area contributed by atoms with Gasteiger partial charge in [0.05, 0.1) is 6.10 Å². The number of hydrogen-bond donors (Lipinski definition) is 3. The highest BCUT2D eigenvalue weighted by Crippen LogP contribution is 2.32. The Bertz CT molecular complexity index is 1100. The zero-order valence-electron chi connectivity index (χ0n) is 16.3. The number of benzene rings is 2. The molecule has 0 saturated carbocycles. The van der Waals surface area contributed by atoms with E-state index in [2.05, 4.69) is 52.2 Å². The molecule has 0 saturated heterocycles. The van der Waals surface area contributed by atoms with Gasteiger partial charge in [0.1, 0.15) is 5.65 Å². The van der Waals surface area contributed by atoms with Gasteiger partial charge in [-0.05, 0) is 35.2 Å². The number of H-pyrrole nitrogens is 1. The first kappa shape index (κ1) is 19.1. The van der Waals surface area contributed by atoms with Gasteiger partial charge in [0.25, 0.3) is 0 Å². The Morgan fingerprint density at radius 1 is 1.07 bits per heavy atom. The van der Waals surface area contributed by atoms with Crippen molar-refractivity contribution < 1.29 is 5.11 Å². The molecule has 146 valence electrons. The molecule has 0 aliphatic rings. The van der Waals surface area contributed by atoms with E-state index in [9.17, 15) is 5.11 Å². The molecule has 4 aromatic rings. The molecule has 0 fully saturated rings. The molecule has 1 unspecified atom stereocenters. The molecular weight excluding hydrogens is 358 g/mol. The van der Waals surface area contributed by atoms with Crippen molar-refractivity contribution in [2.24, 2.45) is 0 Å². The molecule has 0 spiro atoms. The van der Waals surface area contributed by atoms with Crippen molar-refractivity contribution in [2.45, 2.75) is 19.1 Å². The molecule has 2 aromatic heterocycles. The van der Waals surface area contributed by atoms with E-state index >= 15 is 0 Å². The van der Waals surface area contributed by atoms with Crippen LogP contribution in [-0.4, -0.2) is 21.6 Å². The number of allylic oxidation sites excluding steroid dienone is 1. The summed E-state index contributed by atoms with van der Waals surface area (Å²) in [4.78, 5) is 7.94. The predicted octanol–water partition coefficient (Wildman–Crippen LogP) is 4.78. The van der Waals surface area contributed by atoms with Crippen molar-refractivity contribution in [1.82, 2.24) is 15.3 Å². The van der Waals surface area contributed by atoms with Crippen LogP contribution in [-0.2, 0) is 13.0 Å². The Morgan fingerprint density at radius 2 is 1.93 bits per heavy atom. The van der Waals surface area contributed by atoms with E-state index in [1.54, 1.807) is 6.20 Å². The van der Waals surface area contributed by atoms with Crippen molar-refractivity contribution in [1.29, 1.82) is 0 Å². The average molecular weight is 383 g/mol. The van der Waals surface area contributed by atoms with E-state index in [0.717, 1.165) is 39.8 Å². The number of fused-ring (bicyclic) bond motifs is 1. The molecule has 29 heavy (non-hydrogen) atoms. The standard InChI is InChI=1S/C25H25N3O/c1-2-8-18-9-6-12-20(15-18)24-21-13-7-14-27-25(21)28-22(24)16-26-17-23(29)19-10-4-3-5-11-19/h2-7,9-15,23,26,29H,1,8,16-17H2,(H,27,28). The highest BCUT2D eigenvalue weighted by atomic mass is 16.3. The molecule has 4 heteroatoms. The number of pyridine rings is 1. The quantitative estimate of drug-likeness (QED) is 0.384. The molecule has 0 aliphatic heterocycles. The van der Waals surface area contributed by atoms with Gasteiger partial charge in [0.2, 0.25) is 0 Å². The summed E-state index contributed by atoms with van der Waals surface area (Å²) in [7, 11) is 0. The summed E-state index contributed by atoms with van der Waals surface area (Å²) < 4.78 is 0. The largest absolute Gasteiger partial charge is 0.387 e. The number of aliphatic hydroxyl groups is 1. The van der Waals surface area contributed by atoms with E-state index in [0.29, 0.717) is 13.1 Å². The van der Waals surface area contributed by atoms with Crippen molar-refractivity contribution in [2.75, 3.05) is 6.54 Å². The maximum Gasteiger partial charge on any atom is 0.138 e. The lowest BCUT2D eigenvalue weighted by Gasteiger charge is -2.13. The fraction of sp³-hybridized carbons (Fsp3) is 0.160. The summed E-state index contributed by atoms with van der Waals surface area (Å²) in [5.41, 5.74) is 6.39. The lowest BCUT2D eigenvalue weighted by Crippen LogP contribution is -2.21. The van der Waals surface area contributed by atoms with Crippen LogP contribution in [0.4, 0.5) is 0 Å². The predicted molar refractivity (Wildman–Crippen MR) is 119 cm³/mol. The summed E-state index contributed by atoms with van der Waals surface area (Å²) in [5, 5.41) is 14.9. The minimum atomic E-state index is -0.543. The second-order valence-electron chi connectivity index (χ2n) is 7.13. The van der Waals surface area contributed by atoms with Crippen molar-refractivity contribution in [3.05, 3.63) is 102 Å². The van der Waals surface area contributed by atoms with Crippen LogP contribution in [0.5, 0.6) is 0 Å². The third-order valence-corrected chi connectivity index (χ3v) is 5.07. The number of rotatable bonds is 8. The maximum atomic E-state index is 10.4. The summed E-state index contributed by atoms with van der Waals surface area (Å²) in [5.74, 6) is 0. The van der Waals surface area contributed by atoms with Crippen LogP contribution in [0.1, 0.15) is 22.9 Å². The number of nitrogens with one attached hydrogen (secondary N) is 2. The first-order chi connectivity index (χ1) is 14.3. The lowest BCUT2D eigenvalue weighted by atomic mass is 9.99. The topological polar surface area (TPSA) is 60.9 Å². The van der Waals surface area contributed by atoms with Crippen molar-refractivity contribution in [3.63, 3.8) is 0 Å². The molecule has 4 nitrogen and oxygen atoms in total. The molecule has 2 aromatic carbocycles. The monoisotopic (exact) mass is 383 g/mol. The second kappa shape index (κ2) is 8.86. The lowest BCUT2D eigenvalue weighted by molar-refractivity contribution is 0.174. The number of aliphatic hydroxyl groups excluding tert-OH is 1. The average Bonchev–Trinajstić information content (AvgIpc) is 3.13. The zero-order valence-corrected chi connectivity index (χ0v) is 16.3. The Balaban J connectivity index is 1.60. The van der Waals surface area contributed by atoms with Crippen LogP contribution >= 0.6 is 0 Å². The fourth-order valence-corrected chi connectivity index (χ4v) is 3.68. The van der Waals surface area contributed by atoms with Gasteiger partial charge in [0, 0.05) is 35.9 Å². The van der Waals surface area contributed by atoms with Crippen molar-refractivity contribution >= 4 is 11.0 Å². The van der Waals surface area contributed by atoms with Gasteiger partial charge >= 0.3 is 0 Å². The van der Waals surface area contributed by atoms with E-state index in [1.165, 1.54) is 5.56 Å². The minimum absolute atomic E-state index is 0.475. The van der Waals surface area contributed by atoms with Gasteiger partial charge in [0.15, 0.2) is 0 Å². The van der Waals surface area contributed by atoms with Crippen molar-refractivity contribution in [3.8, 4) is 11.1 Å². The van der Waals surface area contributed by atoms with Crippen LogP contribution in [0.25, 0.3) is 22.2 Å². The van der Waals surface area contributed by atoms with Gasteiger partial charge in [-0.3, -0.25) is 0 Å². The van der Waals surface area contributed by atoms with Crippen LogP contribution in [0, 0.1) is 0 Å². The molecule has 2 heterocycles. The van der Waals surface area contributed by atoms with Crippen LogP contribution < -0.4 is 5.32 Å². The first-order valence-electron chi connectivity index (χ1n) is 9.86. The fourth-order valence-electron chi connectivity index (χ4n) is 3.68. The SMILES string of the molecule is C=CCc1cccc(-c2c(CNCC(O)c3ccccc3)[nH]c3ncccc23)c1. The maximum absolute atomic E-state index is 10.4. The third-order valence-electron chi connectivity index (χ3n) is 5.07. The smallest absolute Gasteiger partial charge is 0.138 e. The summed E-state index contributed by atoms with van der Waals surface area (Å²) >= 11 is 0. The van der Waals surface area contributed by atoms with Gasteiger partial charge in [-0.25, -0.2) is 4.98 Å². The number of aromatic nitrogens is 2. The molecule has 1 atom stereocenters. The van der Waals surface area contributed by atoms with Gasteiger partial charge in [-0.15, -0.1) is 6.58 Å². The van der Waals surface area contributed by atoms with Crippen LogP contribution in [0.3, 0.4) is 0 Å². The Kier molecular flexibility index (Phi) is 5.84. The van der Waals surface area contributed by atoms with E-state index in [4.69, 9.17) is 0 Å². The molecule has 4 rings (SSSR count). The van der Waals surface area contributed by atoms with Gasteiger partial charge in [-0.1, -0.05) is 60.7 Å². The normalized spacial score (nSPS) is 12.2. The number of hydrogen-bond acceptors (Lipinski definition) is 3. The number of nitrogens with zero attached hydrogens (tertiary/aromatic N) is 1. The van der Waals surface area contributed by atoms with Crippen LogP contribution in [0.15, 0.2) is 85.6 Å². The summed E-state index contributed by atoms with van der Waals surface area (Å²) in [6, 6.07) is 22.3. The van der Waals surface area contributed by atoms with E-state index < -0.39 is 6.10 Å². The Morgan fingerprint density at radius 3 is 2.76 bits per heavy atom. The molecule has 0 radical (unpaired) electrons. The first-order valence-corrected chi connectivity index (χ1v) is 9.86. The highest BCUT2D eigenvalue weighted by molar-refractivity contribution is 5.95.